The van der Waals surface area contributed by atoms with Gasteiger partial charge in [0.05, 0.1) is 24.7 Å². The second-order valence-electron chi connectivity index (χ2n) is 6.11. The van der Waals surface area contributed by atoms with E-state index in [1.807, 2.05) is 42.5 Å². The van der Waals surface area contributed by atoms with Crippen LogP contribution in [0.1, 0.15) is 24.8 Å². The quantitative estimate of drug-likeness (QED) is 0.682. The van der Waals surface area contributed by atoms with E-state index in [1.165, 1.54) is 0 Å². The van der Waals surface area contributed by atoms with Crippen LogP contribution in [0.25, 0.3) is 11.0 Å². The highest BCUT2D eigenvalue weighted by Gasteiger charge is 2.24. The van der Waals surface area contributed by atoms with Crippen molar-refractivity contribution in [2.24, 2.45) is 0 Å². The first-order valence-corrected chi connectivity index (χ1v) is 8.69. The molecule has 4 rings (SSSR count). The Morgan fingerprint density at radius 1 is 1.12 bits per heavy atom. The first-order valence-electron chi connectivity index (χ1n) is 8.69. The summed E-state index contributed by atoms with van der Waals surface area (Å²) in [6.45, 7) is 2.07. The highest BCUT2D eigenvalue weighted by atomic mass is 16.5. The molecule has 0 saturated carbocycles. The Morgan fingerprint density at radius 3 is 2.72 bits per heavy atom. The number of rotatable bonds is 6. The van der Waals surface area contributed by atoms with Crippen molar-refractivity contribution in [3.05, 3.63) is 54.4 Å². The molecule has 0 spiro atoms. The number of aromatic nitrogens is 2. The lowest BCUT2D eigenvalue weighted by atomic mass is 10.2. The van der Waals surface area contributed by atoms with E-state index in [0.717, 1.165) is 47.8 Å². The molecule has 0 amide bonds. The topological polar surface area (TPSA) is 45.5 Å². The molecular formula is C20H22N2O3. The summed E-state index contributed by atoms with van der Waals surface area (Å²) in [5.74, 6) is 2.51. The maximum atomic E-state index is 5.95. The van der Waals surface area contributed by atoms with E-state index in [4.69, 9.17) is 19.2 Å². The number of benzene rings is 2. The van der Waals surface area contributed by atoms with E-state index in [1.54, 1.807) is 7.11 Å². The lowest BCUT2D eigenvalue weighted by molar-refractivity contribution is 0.101. The molecule has 0 aliphatic carbocycles. The van der Waals surface area contributed by atoms with Crippen LogP contribution < -0.4 is 9.47 Å². The van der Waals surface area contributed by atoms with Crippen molar-refractivity contribution in [1.29, 1.82) is 0 Å². The molecule has 0 unspecified atom stereocenters. The van der Waals surface area contributed by atoms with Gasteiger partial charge >= 0.3 is 0 Å². The molecule has 0 N–H and O–H groups in total. The average Bonchev–Trinajstić information content (AvgIpc) is 3.30. The zero-order chi connectivity index (χ0) is 17.1. The minimum absolute atomic E-state index is 0.0821. The third-order valence-corrected chi connectivity index (χ3v) is 4.54. The number of hydrogen-bond donors (Lipinski definition) is 0. The van der Waals surface area contributed by atoms with Gasteiger partial charge in [-0.15, -0.1) is 0 Å². The Balaban J connectivity index is 1.56. The Bertz CT molecular complexity index is 853. The number of nitrogens with zero attached hydrogens (tertiary/aromatic N) is 2. The first kappa shape index (κ1) is 16.0. The van der Waals surface area contributed by atoms with Crippen molar-refractivity contribution in [3.8, 4) is 11.5 Å². The summed E-state index contributed by atoms with van der Waals surface area (Å²) in [4.78, 5) is 4.81. The molecule has 1 aliphatic rings. The fourth-order valence-corrected chi connectivity index (χ4v) is 3.34. The van der Waals surface area contributed by atoms with Crippen LogP contribution in [0.2, 0.25) is 0 Å². The lowest BCUT2D eigenvalue weighted by Crippen LogP contribution is -2.14. The number of ether oxygens (including phenoxy) is 3. The van der Waals surface area contributed by atoms with Gasteiger partial charge in [0.1, 0.15) is 18.5 Å². The van der Waals surface area contributed by atoms with Crippen LogP contribution in [0.4, 0.5) is 0 Å². The van der Waals surface area contributed by atoms with E-state index in [9.17, 15) is 0 Å². The number of para-hydroxylation sites is 4. The third-order valence-electron chi connectivity index (χ3n) is 4.54. The third kappa shape index (κ3) is 3.20. The molecule has 2 aromatic carbocycles. The summed E-state index contributed by atoms with van der Waals surface area (Å²) in [5.41, 5.74) is 2.13. The van der Waals surface area contributed by atoms with Gasteiger partial charge in [-0.25, -0.2) is 4.98 Å². The van der Waals surface area contributed by atoms with Crippen LogP contribution in [-0.4, -0.2) is 29.9 Å². The highest BCUT2D eigenvalue weighted by molar-refractivity contribution is 5.76. The van der Waals surface area contributed by atoms with Gasteiger partial charge in [0, 0.05) is 6.61 Å². The van der Waals surface area contributed by atoms with Crippen molar-refractivity contribution in [1.82, 2.24) is 9.55 Å². The molecule has 5 heteroatoms. The average molecular weight is 338 g/mol. The maximum absolute atomic E-state index is 5.95. The molecule has 2 heterocycles. The molecule has 1 atom stereocenters. The van der Waals surface area contributed by atoms with Crippen molar-refractivity contribution in [2.75, 3.05) is 20.3 Å². The molecule has 3 aromatic rings. The summed E-state index contributed by atoms with van der Waals surface area (Å²) in [7, 11) is 1.65. The number of imidazole rings is 1. The van der Waals surface area contributed by atoms with Gasteiger partial charge in [-0.1, -0.05) is 24.3 Å². The fourth-order valence-electron chi connectivity index (χ4n) is 3.34. The van der Waals surface area contributed by atoms with Gasteiger partial charge in [-0.2, -0.15) is 0 Å². The summed E-state index contributed by atoms with van der Waals surface area (Å²) in [5, 5.41) is 0. The van der Waals surface area contributed by atoms with Crippen LogP contribution in [0.3, 0.4) is 0 Å². The molecule has 1 saturated heterocycles. The summed E-state index contributed by atoms with van der Waals surface area (Å²) in [6.07, 6.45) is 2.20. The van der Waals surface area contributed by atoms with Crippen LogP contribution >= 0.6 is 0 Å². The molecule has 5 nitrogen and oxygen atoms in total. The molecule has 1 aliphatic heterocycles. The summed E-state index contributed by atoms with van der Waals surface area (Å²) < 4.78 is 19.4. The Labute approximate surface area is 147 Å². The Morgan fingerprint density at radius 2 is 1.92 bits per heavy atom. The predicted molar refractivity (Wildman–Crippen MR) is 96.1 cm³/mol. The van der Waals surface area contributed by atoms with Crippen LogP contribution in [0.15, 0.2) is 48.5 Å². The van der Waals surface area contributed by atoms with Crippen molar-refractivity contribution in [3.63, 3.8) is 0 Å². The van der Waals surface area contributed by atoms with Gasteiger partial charge in [-0.3, -0.25) is 0 Å². The Kier molecular flexibility index (Phi) is 4.57. The number of methoxy groups -OCH3 is 1. The maximum Gasteiger partial charge on any atom is 0.161 e. The summed E-state index contributed by atoms with van der Waals surface area (Å²) >= 11 is 0. The standard InChI is InChI=1S/C20H22N2O3/c1-23-17-9-4-5-10-18(17)25-14-12-22-16-8-3-2-7-15(16)21-20(22)19-11-6-13-24-19/h2-5,7-10,19H,6,11-14H2,1H3/t19-/m1/s1. The monoisotopic (exact) mass is 338 g/mol. The van der Waals surface area contributed by atoms with E-state index >= 15 is 0 Å². The second kappa shape index (κ2) is 7.15. The van der Waals surface area contributed by atoms with E-state index < -0.39 is 0 Å². The van der Waals surface area contributed by atoms with Gasteiger partial charge in [0.15, 0.2) is 11.5 Å². The largest absolute Gasteiger partial charge is 0.493 e. The lowest BCUT2D eigenvalue weighted by Gasteiger charge is -2.15. The summed E-state index contributed by atoms with van der Waals surface area (Å²) in [6, 6.07) is 15.9. The SMILES string of the molecule is COc1ccccc1OCCn1c([C@H]2CCCO2)nc2ccccc21. The van der Waals surface area contributed by atoms with Gasteiger partial charge in [0.2, 0.25) is 0 Å². The Hall–Kier alpha value is -2.53. The molecule has 1 aromatic heterocycles. The second-order valence-corrected chi connectivity index (χ2v) is 6.11. The zero-order valence-electron chi connectivity index (χ0n) is 14.4. The zero-order valence-corrected chi connectivity index (χ0v) is 14.4. The number of hydrogen-bond acceptors (Lipinski definition) is 4. The van der Waals surface area contributed by atoms with Crippen molar-refractivity contribution in [2.45, 2.75) is 25.5 Å². The molecule has 130 valence electrons. The smallest absolute Gasteiger partial charge is 0.161 e. The minimum atomic E-state index is 0.0821. The first-order chi connectivity index (χ1) is 12.4. The van der Waals surface area contributed by atoms with E-state index in [0.29, 0.717) is 13.2 Å². The van der Waals surface area contributed by atoms with Crippen LogP contribution in [0, 0.1) is 0 Å². The molecule has 0 bridgehead atoms. The fraction of sp³-hybridized carbons (Fsp3) is 0.350. The van der Waals surface area contributed by atoms with E-state index in [2.05, 4.69) is 10.6 Å². The molecular weight excluding hydrogens is 316 g/mol. The predicted octanol–water partition coefficient (Wildman–Crippen LogP) is 3.98. The molecule has 25 heavy (non-hydrogen) atoms. The minimum Gasteiger partial charge on any atom is -0.493 e. The van der Waals surface area contributed by atoms with Crippen molar-refractivity contribution < 1.29 is 14.2 Å². The van der Waals surface area contributed by atoms with Crippen LogP contribution in [-0.2, 0) is 11.3 Å². The van der Waals surface area contributed by atoms with Crippen molar-refractivity contribution >= 4 is 11.0 Å². The van der Waals surface area contributed by atoms with Gasteiger partial charge in [0.25, 0.3) is 0 Å². The van der Waals surface area contributed by atoms with Crippen LogP contribution in [0.5, 0.6) is 11.5 Å². The molecule has 1 fully saturated rings. The van der Waals surface area contributed by atoms with Gasteiger partial charge in [-0.05, 0) is 37.1 Å². The normalized spacial score (nSPS) is 17.1. The number of fused-ring (bicyclic) bond motifs is 1. The van der Waals surface area contributed by atoms with Gasteiger partial charge < -0.3 is 18.8 Å². The highest BCUT2D eigenvalue weighted by Crippen LogP contribution is 2.31. The van der Waals surface area contributed by atoms with E-state index in [-0.39, 0.29) is 6.10 Å². The molecule has 0 radical (unpaired) electrons.